The van der Waals surface area contributed by atoms with Gasteiger partial charge in [0.05, 0.1) is 0 Å². The van der Waals surface area contributed by atoms with Crippen molar-refractivity contribution in [2.45, 2.75) is 39.5 Å². The van der Waals surface area contributed by atoms with Gasteiger partial charge in [-0.15, -0.1) is 0 Å². The van der Waals surface area contributed by atoms with E-state index in [-0.39, 0.29) is 0 Å². The molecule has 0 N–H and O–H groups in total. The molecule has 2 aromatic carbocycles. The normalized spacial score (nSPS) is 11.1. The molecule has 0 aliphatic rings. The number of aryl methyl sites for hydroxylation is 1. The van der Waals surface area contributed by atoms with E-state index >= 15 is 0 Å². The Morgan fingerprint density at radius 3 is 2.20 bits per heavy atom. The summed E-state index contributed by atoms with van der Waals surface area (Å²) in [7, 11) is 0. The Morgan fingerprint density at radius 1 is 0.750 bits per heavy atom. The van der Waals surface area contributed by atoms with Gasteiger partial charge in [0.25, 0.3) is 0 Å². The minimum absolute atomic E-state index is 1.17. The molecule has 104 valence electrons. The number of hydrogen-bond donors (Lipinski definition) is 0. The van der Waals surface area contributed by atoms with Crippen molar-refractivity contribution in [1.82, 2.24) is 0 Å². The summed E-state index contributed by atoms with van der Waals surface area (Å²) in [5, 5.41) is 0. The predicted octanol–water partition coefficient (Wildman–Crippen LogP) is 5.76. The highest BCUT2D eigenvalue weighted by Crippen LogP contribution is 2.21. The molecule has 0 spiro atoms. The molecule has 0 bridgehead atoms. The average molecular weight is 264 g/mol. The number of benzene rings is 2. The monoisotopic (exact) mass is 264 g/mol. The van der Waals surface area contributed by atoms with E-state index in [9.17, 15) is 0 Å². The minimum atomic E-state index is 1.17. The Balaban J connectivity index is 2.30. The third-order valence-corrected chi connectivity index (χ3v) is 3.58. The molecule has 0 saturated heterocycles. The summed E-state index contributed by atoms with van der Waals surface area (Å²) >= 11 is 0. The van der Waals surface area contributed by atoms with Crippen molar-refractivity contribution in [3.8, 4) is 0 Å². The molecule has 0 fully saturated rings. The SMILES string of the molecule is CCCc1cccc(C=Cc2ccccc2)c1CCC. The first-order valence-electron chi connectivity index (χ1n) is 7.69. The Bertz CT molecular complexity index is 550. The van der Waals surface area contributed by atoms with Crippen LogP contribution >= 0.6 is 0 Å². The standard InChI is InChI=1S/C20H24/c1-3-9-18-13-8-14-19(20(18)10-4-2)16-15-17-11-6-5-7-12-17/h5-8,11-16H,3-4,9-10H2,1-2H3. The minimum Gasteiger partial charge on any atom is -0.0651 e. The van der Waals surface area contributed by atoms with Crippen LogP contribution in [0, 0.1) is 0 Å². The average Bonchev–Trinajstić information content (AvgIpc) is 2.49. The second-order valence-corrected chi connectivity index (χ2v) is 5.23. The summed E-state index contributed by atoms with van der Waals surface area (Å²) in [6, 6.07) is 17.2. The maximum absolute atomic E-state index is 2.29. The zero-order valence-electron chi connectivity index (χ0n) is 12.6. The maximum Gasteiger partial charge on any atom is -0.0222 e. The fraction of sp³-hybridized carbons (Fsp3) is 0.300. The van der Waals surface area contributed by atoms with Crippen LogP contribution in [-0.4, -0.2) is 0 Å². The van der Waals surface area contributed by atoms with E-state index in [4.69, 9.17) is 0 Å². The van der Waals surface area contributed by atoms with Crippen LogP contribution in [0.2, 0.25) is 0 Å². The van der Waals surface area contributed by atoms with Crippen LogP contribution in [0.25, 0.3) is 12.2 Å². The first-order chi connectivity index (χ1) is 9.85. The van der Waals surface area contributed by atoms with Crippen LogP contribution in [0.5, 0.6) is 0 Å². The van der Waals surface area contributed by atoms with E-state index in [2.05, 4.69) is 74.5 Å². The second-order valence-electron chi connectivity index (χ2n) is 5.23. The molecule has 0 heterocycles. The fourth-order valence-corrected chi connectivity index (χ4v) is 2.62. The quantitative estimate of drug-likeness (QED) is 0.582. The summed E-state index contributed by atoms with van der Waals surface area (Å²) in [5.74, 6) is 0. The van der Waals surface area contributed by atoms with Crippen molar-refractivity contribution >= 4 is 12.2 Å². The van der Waals surface area contributed by atoms with Crippen molar-refractivity contribution in [2.75, 3.05) is 0 Å². The first-order valence-corrected chi connectivity index (χ1v) is 7.69. The van der Waals surface area contributed by atoms with Gasteiger partial charge in [-0.1, -0.05) is 87.4 Å². The molecule has 0 aliphatic carbocycles. The third kappa shape index (κ3) is 3.84. The van der Waals surface area contributed by atoms with E-state index in [0.29, 0.717) is 0 Å². The summed E-state index contributed by atoms with van der Waals surface area (Å²) in [6.45, 7) is 4.51. The molecule has 0 amide bonds. The van der Waals surface area contributed by atoms with Gasteiger partial charge in [-0.25, -0.2) is 0 Å². The van der Waals surface area contributed by atoms with Crippen LogP contribution in [0.4, 0.5) is 0 Å². The van der Waals surface area contributed by atoms with Crippen molar-refractivity contribution in [2.24, 2.45) is 0 Å². The third-order valence-electron chi connectivity index (χ3n) is 3.58. The highest BCUT2D eigenvalue weighted by molar-refractivity contribution is 5.71. The van der Waals surface area contributed by atoms with Crippen LogP contribution < -0.4 is 0 Å². The summed E-state index contributed by atoms with van der Waals surface area (Å²) in [4.78, 5) is 0. The van der Waals surface area contributed by atoms with E-state index in [1.54, 1.807) is 0 Å². The zero-order chi connectivity index (χ0) is 14.2. The van der Waals surface area contributed by atoms with Crippen LogP contribution in [0.15, 0.2) is 48.5 Å². The maximum atomic E-state index is 2.29. The summed E-state index contributed by atoms with van der Waals surface area (Å²) in [5.41, 5.74) is 5.69. The van der Waals surface area contributed by atoms with E-state index in [0.717, 1.165) is 0 Å². The van der Waals surface area contributed by atoms with Gasteiger partial charge in [-0.05, 0) is 35.1 Å². The molecular weight excluding hydrogens is 240 g/mol. The number of rotatable bonds is 6. The van der Waals surface area contributed by atoms with Gasteiger partial charge < -0.3 is 0 Å². The van der Waals surface area contributed by atoms with Crippen molar-refractivity contribution in [3.63, 3.8) is 0 Å². The molecule has 2 rings (SSSR count). The molecule has 20 heavy (non-hydrogen) atoms. The lowest BCUT2D eigenvalue weighted by atomic mass is 9.94. The van der Waals surface area contributed by atoms with Gasteiger partial charge in [0.2, 0.25) is 0 Å². The van der Waals surface area contributed by atoms with Crippen molar-refractivity contribution < 1.29 is 0 Å². The predicted molar refractivity (Wildman–Crippen MR) is 89.8 cm³/mol. The van der Waals surface area contributed by atoms with Gasteiger partial charge in [-0.3, -0.25) is 0 Å². The Morgan fingerprint density at radius 2 is 1.50 bits per heavy atom. The molecule has 0 saturated carbocycles. The molecule has 0 heteroatoms. The van der Waals surface area contributed by atoms with Gasteiger partial charge in [-0.2, -0.15) is 0 Å². The highest BCUT2D eigenvalue weighted by Gasteiger charge is 2.04. The van der Waals surface area contributed by atoms with E-state index in [1.165, 1.54) is 47.9 Å². The fourth-order valence-electron chi connectivity index (χ4n) is 2.62. The molecule has 0 nitrogen and oxygen atoms in total. The summed E-state index contributed by atoms with van der Waals surface area (Å²) in [6.07, 6.45) is 9.24. The second kappa shape index (κ2) is 7.69. The first kappa shape index (κ1) is 14.6. The molecular formula is C20H24. The number of hydrogen-bond acceptors (Lipinski definition) is 0. The zero-order valence-corrected chi connectivity index (χ0v) is 12.6. The topological polar surface area (TPSA) is 0 Å². The van der Waals surface area contributed by atoms with Gasteiger partial charge in [0.15, 0.2) is 0 Å². The highest BCUT2D eigenvalue weighted by atomic mass is 14.1. The molecule has 0 aliphatic heterocycles. The molecule has 0 aromatic heterocycles. The Hall–Kier alpha value is -1.82. The van der Waals surface area contributed by atoms with Gasteiger partial charge >= 0.3 is 0 Å². The lowest BCUT2D eigenvalue weighted by Gasteiger charge is -2.11. The molecule has 2 aromatic rings. The van der Waals surface area contributed by atoms with Gasteiger partial charge in [0.1, 0.15) is 0 Å². The van der Waals surface area contributed by atoms with Crippen LogP contribution in [-0.2, 0) is 12.8 Å². The van der Waals surface area contributed by atoms with Crippen LogP contribution in [0.1, 0.15) is 48.9 Å². The molecule has 0 radical (unpaired) electrons. The Labute approximate surface area is 123 Å². The van der Waals surface area contributed by atoms with E-state index in [1.807, 2.05) is 0 Å². The molecule has 0 atom stereocenters. The van der Waals surface area contributed by atoms with Crippen molar-refractivity contribution in [1.29, 1.82) is 0 Å². The van der Waals surface area contributed by atoms with Crippen molar-refractivity contribution in [3.05, 3.63) is 70.8 Å². The van der Waals surface area contributed by atoms with E-state index < -0.39 is 0 Å². The van der Waals surface area contributed by atoms with Crippen LogP contribution in [0.3, 0.4) is 0 Å². The lowest BCUT2D eigenvalue weighted by Crippen LogP contribution is -1.97. The summed E-state index contributed by atoms with van der Waals surface area (Å²) < 4.78 is 0. The van der Waals surface area contributed by atoms with Gasteiger partial charge in [0, 0.05) is 0 Å². The largest absolute Gasteiger partial charge is 0.0651 e. The Kier molecular flexibility index (Phi) is 5.61. The smallest absolute Gasteiger partial charge is 0.0222 e. The lowest BCUT2D eigenvalue weighted by molar-refractivity contribution is 0.859. The molecule has 0 unspecified atom stereocenters.